The molecule has 0 aromatic heterocycles. The Morgan fingerprint density at radius 2 is 2.08 bits per heavy atom. The molecule has 0 spiro atoms. The first-order chi connectivity index (χ1) is 6.25. The van der Waals surface area contributed by atoms with Crippen LogP contribution < -0.4 is 0 Å². The highest BCUT2D eigenvalue weighted by Crippen LogP contribution is 2.26. The van der Waals surface area contributed by atoms with Crippen LogP contribution in [0.2, 0.25) is 0 Å². The van der Waals surface area contributed by atoms with Gasteiger partial charge in [-0.1, -0.05) is 25.0 Å². The summed E-state index contributed by atoms with van der Waals surface area (Å²) in [7, 11) is 2.17. The molecule has 2 unspecified atom stereocenters. The van der Waals surface area contributed by atoms with Crippen LogP contribution in [0.5, 0.6) is 0 Å². The van der Waals surface area contributed by atoms with E-state index in [1.54, 1.807) is 0 Å². The third-order valence-electron chi connectivity index (χ3n) is 2.84. The molecule has 0 amide bonds. The van der Waals surface area contributed by atoms with E-state index in [1.807, 2.05) is 0 Å². The molecule has 2 heteroatoms. The Bertz CT molecular complexity index is 167. The van der Waals surface area contributed by atoms with Crippen molar-refractivity contribution in [2.75, 3.05) is 13.6 Å². The summed E-state index contributed by atoms with van der Waals surface area (Å²) < 4.78 is 0. The maximum atomic E-state index is 6.29. The Hall–Kier alpha value is -0.0100. The summed E-state index contributed by atoms with van der Waals surface area (Å²) in [6, 6.07) is 0.589. The minimum atomic E-state index is 0.365. The van der Waals surface area contributed by atoms with Gasteiger partial charge in [-0.2, -0.15) is 0 Å². The average molecular weight is 202 g/mol. The van der Waals surface area contributed by atoms with Gasteiger partial charge in [0.25, 0.3) is 0 Å². The molecule has 0 saturated heterocycles. The predicted molar refractivity (Wildman–Crippen MR) is 59.3 cm³/mol. The zero-order valence-corrected chi connectivity index (χ0v) is 9.43. The highest BCUT2D eigenvalue weighted by atomic mass is 35.5. The van der Waals surface area contributed by atoms with Crippen molar-refractivity contribution >= 4 is 11.6 Å². The molecular formula is C11H20ClN. The van der Waals surface area contributed by atoms with Crippen LogP contribution in [0.15, 0.2) is 12.2 Å². The van der Waals surface area contributed by atoms with Gasteiger partial charge in [-0.3, -0.25) is 4.90 Å². The maximum Gasteiger partial charge on any atom is 0.0491 e. The molecule has 1 fully saturated rings. The Labute approximate surface area is 86.8 Å². The van der Waals surface area contributed by atoms with E-state index in [-0.39, 0.29) is 0 Å². The third kappa shape index (κ3) is 3.32. The summed E-state index contributed by atoms with van der Waals surface area (Å²) in [5.41, 5.74) is 0. The first-order valence-electron chi connectivity index (χ1n) is 5.21. The fourth-order valence-electron chi connectivity index (χ4n) is 1.97. The molecule has 0 bridgehead atoms. The Balaban J connectivity index is 2.38. The molecular weight excluding hydrogens is 182 g/mol. The van der Waals surface area contributed by atoms with Crippen molar-refractivity contribution in [3.63, 3.8) is 0 Å². The number of hydrogen-bond donors (Lipinski definition) is 0. The third-order valence-corrected chi connectivity index (χ3v) is 3.35. The van der Waals surface area contributed by atoms with Crippen molar-refractivity contribution < 1.29 is 0 Å². The molecule has 0 N–H and O–H groups in total. The van der Waals surface area contributed by atoms with Crippen LogP contribution in [-0.4, -0.2) is 29.9 Å². The van der Waals surface area contributed by atoms with E-state index >= 15 is 0 Å². The Morgan fingerprint density at radius 3 is 2.69 bits per heavy atom. The predicted octanol–water partition coefficient (Wildman–Crippen LogP) is 3.04. The molecule has 1 saturated carbocycles. The topological polar surface area (TPSA) is 3.24 Å². The lowest BCUT2D eigenvalue weighted by Crippen LogP contribution is -2.40. The van der Waals surface area contributed by atoms with Gasteiger partial charge in [0.05, 0.1) is 0 Å². The molecule has 13 heavy (non-hydrogen) atoms. The van der Waals surface area contributed by atoms with Gasteiger partial charge < -0.3 is 0 Å². The van der Waals surface area contributed by atoms with Crippen LogP contribution in [0.1, 0.15) is 32.6 Å². The number of nitrogens with zero attached hydrogens (tertiary/aromatic N) is 1. The first-order valence-corrected chi connectivity index (χ1v) is 5.65. The van der Waals surface area contributed by atoms with E-state index in [0.717, 1.165) is 6.54 Å². The molecule has 1 nitrogen and oxygen atoms in total. The van der Waals surface area contributed by atoms with Crippen LogP contribution in [0.4, 0.5) is 0 Å². The quantitative estimate of drug-likeness (QED) is 0.501. The Morgan fingerprint density at radius 1 is 1.38 bits per heavy atom. The van der Waals surface area contributed by atoms with E-state index in [0.29, 0.717) is 11.4 Å². The molecule has 76 valence electrons. The second-order valence-corrected chi connectivity index (χ2v) is 4.44. The number of likely N-dealkylation sites (N-methyl/N-ethyl adjacent to an activating group) is 1. The van der Waals surface area contributed by atoms with Crippen molar-refractivity contribution in [1.29, 1.82) is 0 Å². The van der Waals surface area contributed by atoms with Crippen molar-refractivity contribution in [1.82, 2.24) is 4.90 Å². The largest absolute Gasteiger partial charge is 0.298 e. The molecule has 1 rings (SSSR count). The summed E-state index contributed by atoms with van der Waals surface area (Å²) in [5, 5.41) is 0.365. The lowest BCUT2D eigenvalue weighted by atomic mass is 9.94. The lowest BCUT2D eigenvalue weighted by Gasteiger charge is -2.34. The van der Waals surface area contributed by atoms with Gasteiger partial charge in [0.2, 0.25) is 0 Å². The van der Waals surface area contributed by atoms with Crippen LogP contribution in [0.3, 0.4) is 0 Å². The molecule has 0 aromatic carbocycles. The molecule has 2 atom stereocenters. The smallest absolute Gasteiger partial charge is 0.0491 e. The molecule has 0 aliphatic heterocycles. The maximum absolute atomic E-state index is 6.29. The lowest BCUT2D eigenvalue weighted by molar-refractivity contribution is 0.213. The highest BCUT2D eigenvalue weighted by Gasteiger charge is 2.25. The van der Waals surface area contributed by atoms with Crippen LogP contribution in [-0.2, 0) is 0 Å². The van der Waals surface area contributed by atoms with Crippen molar-refractivity contribution in [2.24, 2.45) is 0 Å². The summed E-state index contributed by atoms with van der Waals surface area (Å²) in [4.78, 5) is 2.37. The molecule has 0 heterocycles. The van der Waals surface area contributed by atoms with E-state index in [4.69, 9.17) is 11.6 Å². The Kier molecular flexibility index (Phi) is 4.82. The summed E-state index contributed by atoms with van der Waals surface area (Å²) in [6.07, 6.45) is 9.39. The fraction of sp³-hybridized carbons (Fsp3) is 0.818. The highest BCUT2D eigenvalue weighted by molar-refractivity contribution is 6.21. The van der Waals surface area contributed by atoms with Crippen molar-refractivity contribution in [3.05, 3.63) is 12.2 Å². The van der Waals surface area contributed by atoms with E-state index in [2.05, 4.69) is 31.0 Å². The number of alkyl halides is 1. The van der Waals surface area contributed by atoms with E-state index in [9.17, 15) is 0 Å². The number of hydrogen-bond acceptors (Lipinski definition) is 1. The van der Waals surface area contributed by atoms with Gasteiger partial charge in [-0.15, -0.1) is 11.6 Å². The standard InChI is InChI=1S/C11H20ClN/c1-3-4-9-13(2)11-8-6-5-7-10(11)12/h3-4,10-11H,5-9H2,1-2H3/b4-3+. The van der Waals surface area contributed by atoms with Gasteiger partial charge in [0.15, 0.2) is 0 Å². The molecule has 0 aromatic rings. The van der Waals surface area contributed by atoms with Crippen molar-refractivity contribution in [2.45, 2.75) is 44.0 Å². The van der Waals surface area contributed by atoms with Gasteiger partial charge in [0, 0.05) is 18.0 Å². The summed E-state index contributed by atoms with van der Waals surface area (Å²) in [6.45, 7) is 3.09. The van der Waals surface area contributed by atoms with Gasteiger partial charge in [-0.25, -0.2) is 0 Å². The minimum Gasteiger partial charge on any atom is -0.298 e. The van der Waals surface area contributed by atoms with Gasteiger partial charge >= 0.3 is 0 Å². The van der Waals surface area contributed by atoms with E-state index in [1.165, 1.54) is 25.7 Å². The van der Waals surface area contributed by atoms with Crippen molar-refractivity contribution in [3.8, 4) is 0 Å². The monoisotopic (exact) mass is 201 g/mol. The van der Waals surface area contributed by atoms with Crippen LogP contribution >= 0.6 is 11.6 Å². The average Bonchev–Trinajstić information content (AvgIpc) is 2.15. The number of halogens is 1. The second-order valence-electron chi connectivity index (χ2n) is 3.88. The summed E-state index contributed by atoms with van der Waals surface area (Å²) in [5.74, 6) is 0. The van der Waals surface area contributed by atoms with Crippen LogP contribution in [0, 0.1) is 0 Å². The molecule has 1 aliphatic rings. The van der Waals surface area contributed by atoms with Gasteiger partial charge in [-0.05, 0) is 26.8 Å². The summed E-state index contributed by atoms with van der Waals surface area (Å²) >= 11 is 6.29. The normalized spacial score (nSPS) is 30.2. The van der Waals surface area contributed by atoms with Crippen LogP contribution in [0.25, 0.3) is 0 Å². The number of rotatable bonds is 3. The minimum absolute atomic E-state index is 0.365. The van der Waals surface area contributed by atoms with E-state index < -0.39 is 0 Å². The molecule has 1 aliphatic carbocycles. The first kappa shape index (κ1) is 11.1. The molecule has 0 radical (unpaired) electrons. The van der Waals surface area contributed by atoms with Gasteiger partial charge in [0.1, 0.15) is 0 Å². The fourth-order valence-corrected chi connectivity index (χ4v) is 2.44. The number of allylic oxidation sites excluding steroid dienone is 1. The SMILES string of the molecule is C/C=C/CN(C)C1CCCCC1Cl. The second kappa shape index (κ2) is 5.66. The zero-order valence-electron chi connectivity index (χ0n) is 8.67. The zero-order chi connectivity index (χ0) is 9.68.